The molecule has 0 bridgehead atoms. The third-order valence-electron chi connectivity index (χ3n) is 2.94. The molecular formula is C12H17NO2. The predicted molar refractivity (Wildman–Crippen MR) is 59.2 cm³/mol. The third kappa shape index (κ3) is 1.72. The van der Waals surface area contributed by atoms with Crippen molar-refractivity contribution in [2.75, 3.05) is 6.61 Å². The molecule has 0 amide bonds. The number of pyridine rings is 1. The van der Waals surface area contributed by atoms with Crippen molar-refractivity contribution in [3.8, 4) is 0 Å². The van der Waals surface area contributed by atoms with Gasteiger partial charge in [0.25, 0.3) is 0 Å². The highest BCUT2D eigenvalue weighted by atomic mass is 16.5. The zero-order valence-corrected chi connectivity index (χ0v) is 9.46. The van der Waals surface area contributed by atoms with Crippen LogP contribution in [0.5, 0.6) is 0 Å². The minimum Gasteiger partial charge on any atom is -0.372 e. The van der Waals surface area contributed by atoms with Crippen LogP contribution in [0.15, 0.2) is 11.0 Å². The first kappa shape index (κ1) is 10.4. The van der Waals surface area contributed by atoms with Gasteiger partial charge < -0.3 is 9.72 Å². The van der Waals surface area contributed by atoms with Crippen molar-refractivity contribution >= 4 is 0 Å². The predicted octanol–water partition coefficient (Wildman–Crippen LogP) is 2.27. The van der Waals surface area contributed by atoms with Crippen molar-refractivity contribution in [1.29, 1.82) is 0 Å². The Hall–Kier alpha value is -1.09. The van der Waals surface area contributed by atoms with E-state index in [-0.39, 0.29) is 17.5 Å². The number of aryl methyl sites for hydroxylation is 1. The summed E-state index contributed by atoms with van der Waals surface area (Å²) in [6.45, 7) is 6.74. The van der Waals surface area contributed by atoms with Crippen molar-refractivity contribution in [2.24, 2.45) is 0 Å². The lowest BCUT2D eigenvalue weighted by Gasteiger charge is -2.29. The van der Waals surface area contributed by atoms with Gasteiger partial charge in [-0.2, -0.15) is 0 Å². The number of aromatic amines is 1. The van der Waals surface area contributed by atoms with Crippen LogP contribution >= 0.6 is 0 Å². The maximum absolute atomic E-state index is 12.0. The maximum atomic E-state index is 12.0. The Labute approximate surface area is 89.5 Å². The van der Waals surface area contributed by atoms with Gasteiger partial charge in [-0.1, -0.05) is 13.8 Å². The lowest BCUT2D eigenvalue weighted by Crippen LogP contribution is -2.26. The summed E-state index contributed by atoms with van der Waals surface area (Å²) >= 11 is 0. The average Bonchev–Trinajstić information content (AvgIpc) is 2.08. The van der Waals surface area contributed by atoms with Gasteiger partial charge in [-0.05, 0) is 12.8 Å². The zero-order chi connectivity index (χ0) is 11.0. The van der Waals surface area contributed by atoms with Gasteiger partial charge >= 0.3 is 0 Å². The first-order valence-corrected chi connectivity index (χ1v) is 5.45. The molecule has 1 aromatic heterocycles. The molecule has 1 unspecified atom stereocenters. The van der Waals surface area contributed by atoms with E-state index in [4.69, 9.17) is 4.74 Å². The minimum atomic E-state index is 0.107. The van der Waals surface area contributed by atoms with Crippen molar-refractivity contribution in [3.63, 3.8) is 0 Å². The van der Waals surface area contributed by atoms with Crippen molar-refractivity contribution in [2.45, 2.75) is 39.2 Å². The van der Waals surface area contributed by atoms with Crippen molar-refractivity contribution < 1.29 is 4.74 Å². The summed E-state index contributed by atoms with van der Waals surface area (Å²) in [6.07, 6.45) is 2.90. The number of rotatable bonds is 2. The maximum Gasteiger partial charge on any atom is 0.188 e. The van der Waals surface area contributed by atoms with E-state index in [9.17, 15) is 4.79 Å². The van der Waals surface area contributed by atoms with Gasteiger partial charge in [-0.3, -0.25) is 4.79 Å². The topological polar surface area (TPSA) is 42.1 Å². The Morgan fingerprint density at radius 1 is 1.53 bits per heavy atom. The fraction of sp³-hybridized carbons (Fsp3) is 0.583. The monoisotopic (exact) mass is 207 g/mol. The number of aromatic nitrogens is 1. The summed E-state index contributed by atoms with van der Waals surface area (Å²) < 4.78 is 5.43. The second-order valence-corrected chi connectivity index (χ2v) is 4.43. The van der Waals surface area contributed by atoms with E-state index in [1.807, 2.05) is 20.8 Å². The highest BCUT2D eigenvalue weighted by Crippen LogP contribution is 2.31. The smallest absolute Gasteiger partial charge is 0.188 e. The van der Waals surface area contributed by atoms with Gasteiger partial charge in [0.15, 0.2) is 5.43 Å². The van der Waals surface area contributed by atoms with E-state index in [0.717, 1.165) is 29.8 Å². The summed E-state index contributed by atoms with van der Waals surface area (Å²) in [7, 11) is 0. The number of hydrogen-bond acceptors (Lipinski definition) is 2. The molecule has 0 aromatic carbocycles. The van der Waals surface area contributed by atoms with Crippen molar-refractivity contribution in [3.05, 3.63) is 33.2 Å². The first-order chi connectivity index (χ1) is 7.11. The molecule has 82 valence electrons. The fourth-order valence-electron chi connectivity index (χ4n) is 1.97. The molecule has 1 N–H and O–H groups in total. The van der Waals surface area contributed by atoms with Gasteiger partial charge in [0.2, 0.25) is 0 Å². The molecule has 1 fully saturated rings. The summed E-state index contributed by atoms with van der Waals surface area (Å²) in [5.41, 5.74) is 2.81. The number of ether oxygens (including phenoxy) is 1. The molecular weight excluding hydrogens is 190 g/mol. The highest BCUT2D eigenvalue weighted by Gasteiger charge is 2.26. The quantitative estimate of drug-likeness (QED) is 0.808. The molecule has 15 heavy (non-hydrogen) atoms. The molecule has 0 saturated carbocycles. The zero-order valence-electron chi connectivity index (χ0n) is 9.46. The third-order valence-corrected chi connectivity index (χ3v) is 2.94. The van der Waals surface area contributed by atoms with E-state index < -0.39 is 0 Å². The van der Waals surface area contributed by atoms with E-state index in [2.05, 4.69) is 4.98 Å². The van der Waals surface area contributed by atoms with E-state index in [1.165, 1.54) is 0 Å². The molecule has 0 radical (unpaired) electrons. The Balaban J connectivity index is 2.53. The molecule has 3 heteroatoms. The Morgan fingerprint density at radius 2 is 2.20 bits per heavy atom. The van der Waals surface area contributed by atoms with Gasteiger partial charge in [0.1, 0.15) is 0 Å². The highest BCUT2D eigenvalue weighted by molar-refractivity contribution is 5.29. The van der Waals surface area contributed by atoms with Crippen LogP contribution in [-0.4, -0.2) is 11.6 Å². The van der Waals surface area contributed by atoms with Crippen LogP contribution in [0.3, 0.4) is 0 Å². The van der Waals surface area contributed by atoms with Crippen molar-refractivity contribution in [1.82, 2.24) is 4.98 Å². The second kappa shape index (κ2) is 3.81. The number of H-pyrrole nitrogens is 1. The Kier molecular flexibility index (Phi) is 2.65. The van der Waals surface area contributed by atoms with Crippen LogP contribution in [0.1, 0.15) is 49.1 Å². The van der Waals surface area contributed by atoms with Crippen LogP contribution in [0.4, 0.5) is 0 Å². The molecule has 0 aliphatic carbocycles. The lowest BCUT2D eigenvalue weighted by molar-refractivity contribution is -0.0559. The lowest BCUT2D eigenvalue weighted by atomic mass is 9.94. The van der Waals surface area contributed by atoms with Crippen LogP contribution in [0.25, 0.3) is 0 Å². The Bertz CT molecular complexity index is 416. The molecule has 2 heterocycles. The average molecular weight is 207 g/mol. The fourth-order valence-corrected chi connectivity index (χ4v) is 1.97. The molecule has 1 aromatic rings. The van der Waals surface area contributed by atoms with Gasteiger partial charge in [-0.25, -0.2) is 0 Å². The molecule has 1 atom stereocenters. The molecule has 2 rings (SSSR count). The summed E-state index contributed by atoms with van der Waals surface area (Å²) in [6, 6.07) is 0. The molecule has 1 aliphatic heterocycles. The molecule has 3 nitrogen and oxygen atoms in total. The summed E-state index contributed by atoms with van der Waals surface area (Å²) in [4.78, 5) is 15.2. The number of nitrogens with one attached hydrogen (secondary N) is 1. The summed E-state index contributed by atoms with van der Waals surface area (Å²) in [5.74, 6) is 0.243. The molecule has 0 spiro atoms. The molecule has 1 aliphatic rings. The second-order valence-electron chi connectivity index (χ2n) is 4.43. The van der Waals surface area contributed by atoms with Crippen LogP contribution < -0.4 is 5.43 Å². The van der Waals surface area contributed by atoms with Gasteiger partial charge in [0, 0.05) is 23.7 Å². The van der Waals surface area contributed by atoms with E-state index in [0.29, 0.717) is 0 Å². The Morgan fingerprint density at radius 3 is 2.67 bits per heavy atom. The summed E-state index contributed by atoms with van der Waals surface area (Å²) in [5, 5.41) is 0. The SMILES string of the molecule is Cc1c[nH]c(C2CCO2)c(C(C)C)c1=O. The van der Waals surface area contributed by atoms with E-state index >= 15 is 0 Å². The van der Waals surface area contributed by atoms with Crippen LogP contribution in [-0.2, 0) is 4.74 Å². The number of hydrogen-bond donors (Lipinski definition) is 1. The molecule has 1 saturated heterocycles. The van der Waals surface area contributed by atoms with E-state index in [1.54, 1.807) is 6.20 Å². The van der Waals surface area contributed by atoms with Gasteiger partial charge in [0.05, 0.1) is 18.4 Å². The minimum absolute atomic E-state index is 0.107. The van der Waals surface area contributed by atoms with Crippen LogP contribution in [0.2, 0.25) is 0 Å². The normalized spacial score (nSPS) is 20.4. The van der Waals surface area contributed by atoms with Gasteiger partial charge in [-0.15, -0.1) is 0 Å². The standard InChI is InChI=1S/C12H17NO2/c1-7(2)10-11(9-4-5-15-9)13-6-8(3)12(10)14/h6-7,9H,4-5H2,1-3H3,(H,13,14). The largest absolute Gasteiger partial charge is 0.372 e. The first-order valence-electron chi connectivity index (χ1n) is 5.45. The van der Waals surface area contributed by atoms with Crippen LogP contribution in [0, 0.1) is 6.92 Å².